The fourth-order valence-electron chi connectivity index (χ4n) is 1.70. The van der Waals surface area contributed by atoms with E-state index in [2.05, 4.69) is 44.8 Å². The van der Waals surface area contributed by atoms with Crippen LogP contribution in [-0.2, 0) is 0 Å². The Morgan fingerprint density at radius 1 is 1.06 bits per heavy atom. The maximum absolute atomic E-state index is 3.69. The first-order valence-electron chi connectivity index (χ1n) is 7.07. The largest absolute Gasteiger partial charge is 0.313 e. The first-order valence-corrected chi connectivity index (χ1v) is 8.22. The average molecular weight is 245 g/mol. The van der Waals surface area contributed by atoms with Crippen molar-refractivity contribution in [3.63, 3.8) is 0 Å². The molecule has 0 aromatic heterocycles. The van der Waals surface area contributed by atoms with Crippen molar-refractivity contribution < 1.29 is 0 Å². The molecule has 0 saturated carbocycles. The zero-order valence-electron chi connectivity index (χ0n) is 11.7. The maximum atomic E-state index is 3.69. The maximum Gasteiger partial charge on any atom is 0.0183 e. The molecule has 0 aliphatic carbocycles. The Morgan fingerprint density at radius 2 is 1.81 bits per heavy atom. The Bertz CT molecular complexity index is 139. The Morgan fingerprint density at radius 3 is 2.38 bits per heavy atom. The van der Waals surface area contributed by atoms with E-state index in [1.807, 2.05) is 0 Å². The second-order valence-electron chi connectivity index (χ2n) is 4.73. The summed E-state index contributed by atoms with van der Waals surface area (Å²) < 4.78 is 0. The first kappa shape index (κ1) is 16.3. The predicted molar refractivity (Wildman–Crippen MR) is 78.4 cm³/mol. The fraction of sp³-hybridized carbons (Fsp3) is 1.00. The normalized spacial score (nSPS) is 15.0. The van der Waals surface area contributed by atoms with Crippen LogP contribution < -0.4 is 5.32 Å². The molecule has 98 valence electrons. The zero-order valence-corrected chi connectivity index (χ0v) is 12.5. The Kier molecular flexibility index (Phi) is 12.0. The van der Waals surface area contributed by atoms with Crippen molar-refractivity contribution in [1.29, 1.82) is 0 Å². The molecule has 2 heteroatoms. The summed E-state index contributed by atoms with van der Waals surface area (Å²) in [7, 11) is 0. The monoisotopic (exact) mass is 245 g/mol. The van der Waals surface area contributed by atoms with Gasteiger partial charge in [0.1, 0.15) is 0 Å². The number of thioether (sulfide) groups is 1. The molecular weight excluding hydrogens is 214 g/mol. The number of rotatable bonds is 11. The lowest BCUT2D eigenvalue weighted by Crippen LogP contribution is -2.37. The van der Waals surface area contributed by atoms with Gasteiger partial charge in [-0.3, -0.25) is 0 Å². The summed E-state index contributed by atoms with van der Waals surface area (Å²) in [4.78, 5) is 0. The average Bonchev–Trinajstić information content (AvgIpc) is 2.31. The van der Waals surface area contributed by atoms with Gasteiger partial charge in [-0.05, 0) is 31.1 Å². The summed E-state index contributed by atoms with van der Waals surface area (Å²) in [5.41, 5.74) is 0. The van der Waals surface area contributed by atoms with E-state index in [0.717, 1.165) is 12.0 Å². The van der Waals surface area contributed by atoms with Gasteiger partial charge >= 0.3 is 0 Å². The number of hydrogen-bond acceptors (Lipinski definition) is 2. The number of hydrogen-bond donors (Lipinski definition) is 1. The van der Waals surface area contributed by atoms with E-state index < -0.39 is 0 Å². The molecule has 1 nitrogen and oxygen atoms in total. The van der Waals surface area contributed by atoms with Gasteiger partial charge in [0.05, 0.1) is 0 Å². The summed E-state index contributed by atoms with van der Waals surface area (Å²) in [6.07, 6.45) is 6.65. The highest BCUT2D eigenvalue weighted by atomic mass is 32.2. The van der Waals surface area contributed by atoms with Gasteiger partial charge in [-0.25, -0.2) is 0 Å². The highest BCUT2D eigenvalue weighted by Crippen LogP contribution is 2.15. The molecule has 16 heavy (non-hydrogen) atoms. The number of nitrogens with one attached hydrogen (secondary N) is 1. The van der Waals surface area contributed by atoms with Crippen LogP contribution >= 0.6 is 11.8 Å². The molecule has 0 saturated heterocycles. The lowest BCUT2D eigenvalue weighted by molar-refractivity contribution is 0.397. The molecule has 0 fully saturated rings. The molecule has 0 aliphatic rings. The minimum atomic E-state index is 0.719. The second-order valence-corrected chi connectivity index (χ2v) is 5.88. The lowest BCUT2D eigenvalue weighted by atomic mass is 10.0. The van der Waals surface area contributed by atoms with Gasteiger partial charge in [0.15, 0.2) is 0 Å². The highest BCUT2D eigenvalue weighted by Gasteiger charge is 2.14. The molecule has 0 aromatic carbocycles. The van der Waals surface area contributed by atoms with E-state index in [-0.39, 0.29) is 0 Å². The Hall–Kier alpha value is 0.310. The van der Waals surface area contributed by atoms with Crippen LogP contribution in [0.2, 0.25) is 0 Å². The van der Waals surface area contributed by atoms with E-state index in [9.17, 15) is 0 Å². The van der Waals surface area contributed by atoms with Gasteiger partial charge in [0, 0.05) is 11.8 Å². The van der Waals surface area contributed by atoms with Crippen molar-refractivity contribution in [2.75, 3.05) is 18.1 Å². The molecular formula is C14H31NS. The van der Waals surface area contributed by atoms with Gasteiger partial charge in [0.2, 0.25) is 0 Å². The molecule has 0 radical (unpaired) electrons. The smallest absolute Gasteiger partial charge is 0.0183 e. The summed E-state index contributed by atoms with van der Waals surface area (Å²) in [6, 6.07) is 0.719. The second kappa shape index (κ2) is 11.8. The van der Waals surface area contributed by atoms with E-state index >= 15 is 0 Å². The Labute approximate surface area is 107 Å². The van der Waals surface area contributed by atoms with Crippen molar-refractivity contribution in [3.05, 3.63) is 0 Å². The van der Waals surface area contributed by atoms with Gasteiger partial charge < -0.3 is 5.32 Å². The molecule has 2 unspecified atom stereocenters. The van der Waals surface area contributed by atoms with E-state index in [4.69, 9.17) is 0 Å². The van der Waals surface area contributed by atoms with Crippen LogP contribution in [0.25, 0.3) is 0 Å². The minimum absolute atomic E-state index is 0.719. The highest BCUT2D eigenvalue weighted by molar-refractivity contribution is 7.99. The topological polar surface area (TPSA) is 12.0 Å². The van der Waals surface area contributed by atoms with Crippen molar-refractivity contribution in [1.82, 2.24) is 5.32 Å². The van der Waals surface area contributed by atoms with E-state index in [1.165, 1.54) is 50.2 Å². The predicted octanol–water partition coefficient (Wildman–Crippen LogP) is 4.32. The molecule has 0 aliphatic heterocycles. The Balaban J connectivity index is 3.65. The first-order chi connectivity index (χ1) is 7.76. The zero-order chi connectivity index (χ0) is 12.2. The molecule has 0 aromatic rings. The summed E-state index contributed by atoms with van der Waals surface area (Å²) in [5, 5.41) is 3.69. The van der Waals surface area contributed by atoms with Crippen LogP contribution in [0.15, 0.2) is 0 Å². The quantitative estimate of drug-likeness (QED) is 0.544. The van der Waals surface area contributed by atoms with Crippen LogP contribution in [0, 0.1) is 5.92 Å². The molecule has 0 bridgehead atoms. The van der Waals surface area contributed by atoms with Gasteiger partial charge in [-0.1, -0.05) is 47.0 Å². The number of unbranched alkanes of at least 4 members (excludes halogenated alkanes) is 2. The standard InChI is InChI=1S/C14H31NS/c1-5-8-9-11-16-12-14(13(4)7-3)15-10-6-2/h13-15H,5-12H2,1-4H3. The fourth-order valence-corrected chi connectivity index (χ4v) is 2.98. The molecule has 2 atom stereocenters. The van der Waals surface area contributed by atoms with E-state index in [1.54, 1.807) is 0 Å². The van der Waals surface area contributed by atoms with Crippen molar-refractivity contribution in [2.24, 2.45) is 5.92 Å². The van der Waals surface area contributed by atoms with Crippen molar-refractivity contribution in [3.8, 4) is 0 Å². The lowest BCUT2D eigenvalue weighted by Gasteiger charge is -2.24. The molecule has 0 amide bonds. The van der Waals surface area contributed by atoms with Crippen LogP contribution in [0.5, 0.6) is 0 Å². The third-order valence-corrected chi connectivity index (χ3v) is 4.35. The van der Waals surface area contributed by atoms with E-state index in [0.29, 0.717) is 0 Å². The van der Waals surface area contributed by atoms with Crippen LogP contribution in [0.1, 0.15) is 59.8 Å². The van der Waals surface area contributed by atoms with Crippen LogP contribution in [-0.4, -0.2) is 24.1 Å². The molecule has 1 N–H and O–H groups in total. The van der Waals surface area contributed by atoms with Gasteiger partial charge in [-0.2, -0.15) is 11.8 Å². The third kappa shape index (κ3) is 8.46. The van der Waals surface area contributed by atoms with Crippen LogP contribution in [0.3, 0.4) is 0 Å². The third-order valence-electron chi connectivity index (χ3n) is 3.18. The summed E-state index contributed by atoms with van der Waals surface area (Å²) >= 11 is 2.13. The van der Waals surface area contributed by atoms with Crippen LogP contribution in [0.4, 0.5) is 0 Å². The SMILES string of the molecule is CCCCCSCC(NCCC)C(C)CC. The summed E-state index contributed by atoms with van der Waals surface area (Å²) in [5.74, 6) is 3.44. The van der Waals surface area contributed by atoms with Crippen molar-refractivity contribution in [2.45, 2.75) is 65.8 Å². The van der Waals surface area contributed by atoms with Gasteiger partial charge in [0.25, 0.3) is 0 Å². The molecule has 0 spiro atoms. The molecule has 0 heterocycles. The van der Waals surface area contributed by atoms with Gasteiger partial charge in [-0.15, -0.1) is 0 Å². The molecule has 0 rings (SSSR count). The summed E-state index contributed by atoms with van der Waals surface area (Å²) in [6.45, 7) is 10.4. The minimum Gasteiger partial charge on any atom is -0.313 e. The van der Waals surface area contributed by atoms with Crippen molar-refractivity contribution >= 4 is 11.8 Å².